The molecule has 0 saturated heterocycles. The van der Waals surface area contributed by atoms with E-state index in [1.165, 1.54) is 24.3 Å². The summed E-state index contributed by atoms with van der Waals surface area (Å²) >= 11 is 0. The van der Waals surface area contributed by atoms with Crippen molar-refractivity contribution >= 4 is 32.0 Å². The maximum absolute atomic E-state index is 13.5. The number of carbonyl (C=O) groups excluding carboxylic acids is 2. The Morgan fingerprint density at radius 2 is 1.62 bits per heavy atom. The zero-order valence-corrected chi connectivity index (χ0v) is 23.2. The number of rotatable bonds is 7. The maximum atomic E-state index is 13.5. The SMILES string of the molecule is C=C(/C=C(\N(C)Cc1ccc(NC(=O)c2cccc(P)c2C(=O)NC(C)(C)C)c(C)c1)C(F)(F)F)C(F)(F)F. The summed E-state index contributed by atoms with van der Waals surface area (Å²) in [5, 5.41) is 6.05. The maximum Gasteiger partial charge on any atom is 0.431 e. The van der Waals surface area contributed by atoms with Crippen LogP contribution in [0.2, 0.25) is 0 Å². The number of nitrogens with zero attached hydrogens (tertiary/aromatic N) is 1. The fraction of sp³-hybridized carbons (Fsp3) is 0.333. The van der Waals surface area contributed by atoms with Crippen LogP contribution in [0.3, 0.4) is 0 Å². The van der Waals surface area contributed by atoms with Gasteiger partial charge in [0.2, 0.25) is 0 Å². The molecular formula is C27H30F6N3O2P. The van der Waals surface area contributed by atoms with Crippen LogP contribution in [0.5, 0.6) is 0 Å². The molecule has 1 unspecified atom stereocenters. The second-order valence-electron chi connectivity index (χ2n) is 9.98. The average molecular weight is 574 g/mol. The molecule has 0 saturated carbocycles. The number of allylic oxidation sites excluding steroid dienone is 3. The first-order chi connectivity index (χ1) is 17.7. The number of benzene rings is 2. The second-order valence-corrected chi connectivity index (χ2v) is 10.6. The normalized spacial score (nSPS) is 12.7. The van der Waals surface area contributed by atoms with E-state index >= 15 is 0 Å². The van der Waals surface area contributed by atoms with Crippen LogP contribution in [0.1, 0.15) is 52.6 Å². The van der Waals surface area contributed by atoms with Crippen molar-refractivity contribution in [3.05, 3.63) is 82.6 Å². The molecule has 5 nitrogen and oxygen atoms in total. The van der Waals surface area contributed by atoms with Crippen molar-refractivity contribution in [1.29, 1.82) is 0 Å². The lowest BCUT2D eigenvalue weighted by molar-refractivity contribution is -0.111. The van der Waals surface area contributed by atoms with Crippen LogP contribution in [0.15, 0.2) is 60.3 Å². The molecule has 39 heavy (non-hydrogen) atoms. The van der Waals surface area contributed by atoms with Gasteiger partial charge in [-0.1, -0.05) is 30.8 Å². The molecule has 0 bridgehead atoms. The van der Waals surface area contributed by atoms with Gasteiger partial charge in [-0.2, -0.15) is 26.3 Å². The van der Waals surface area contributed by atoms with Crippen LogP contribution in [0.4, 0.5) is 32.0 Å². The third-order valence-electron chi connectivity index (χ3n) is 5.39. The zero-order chi connectivity index (χ0) is 29.9. The summed E-state index contributed by atoms with van der Waals surface area (Å²) in [7, 11) is 3.44. The highest BCUT2D eigenvalue weighted by Gasteiger charge is 2.39. The van der Waals surface area contributed by atoms with Crippen molar-refractivity contribution in [2.45, 2.75) is 52.1 Å². The lowest BCUT2D eigenvalue weighted by atomic mass is 10.0. The summed E-state index contributed by atoms with van der Waals surface area (Å²) in [6.07, 6.45) is -10.1. The van der Waals surface area contributed by atoms with Gasteiger partial charge in [-0.05, 0) is 62.3 Å². The number of hydrogen-bond donors (Lipinski definition) is 2. The Kier molecular flexibility index (Phi) is 9.66. The third kappa shape index (κ3) is 8.85. The number of halogens is 6. The van der Waals surface area contributed by atoms with Gasteiger partial charge in [0, 0.05) is 24.8 Å². The predicted molar refractivity (Wildman–Crippen MR) is 143 cm³/mol. The van der Waals surface area contributed by atoms with Crippen molar-refractivity contribution in [3.63, 3.8) is 0 Å². The van der Waals surface area contributed by atoms with Crippen molar-refractivity contribution in [3.8, 4) is 0 Å². The molecule has 0 aliphatic rings. The molecule has 0 aliphatic heterocycles. The van der Waals surface area contributed by atoms with Gasteiger partial charge in [0.25, 0.3) is 11.8 Å². The summed E-state index contributed by atoms with van der Waals surface area (Å²) in [6.45, 7) is 9.36. The minimum atomic E-state index is -5.05. The molecule has 0 heterocycles. The standard InChI is InChI=1S/C27H30F6N3O2P/c1-15-12-17(14-36(6)21(27(31,32)33)13-16(2)26(28,29)30)10-11-19(15)34-23(37)18-8-7-9-20(39)22(18)24(38)35-25(3,4)5/h7-13H,2,14,39H2,1,3-6H3,(H,34,37)(H,35,38)/b21-13-. The van der Waals surface area contributed by atoms with E-state index < -0.39 is 41.0 Å². The molecule has 2 N–H and O–H groups in total. The second kappa shape index (κ2) is 11.8. The van der Waals surface area contributed by atoms with Gasteiger partial charge < -0.3 is 15.5 Å². The highest BCUT2D eigenvalue weighted by atomic mass is 31.0. The highest BCUT2D eigenvalue weighted by molar-refractivity contribution is 7.27. The van der Waals surface area contributed by atoms with E-state index in [0.29, 0.717) is 27.0 Å². The van der Waals surface area contributed by atoms with Gasteiger partial charge >= 0.3 is 12.4 Å². The average Bonchev–Trinajstić information content (AvgIpc) is 2.75. The fourth-order valence-corrected chi connectivity index (χ4v) is 3.98. The van der Waals surface area contributed by atoms with Crippen LogP contribution in [0.25, 0.3) is 0 Å². The molecule has 0 fully saturated rings. The molecule has 0 aromatic heterocycles. The third-order valence-corrected chi connectivity index (χ3v) is 5.87. The molecular weight excluding hydrogens is 543 g/mol. The van der Waals surface area contributed by atoms with Crippen LogP contribution in [-0.4, -0.2) is 41.7 Å². The van der Waals surface area contributed by atoms with Gasteiger partial charge in [0.05, 0.1) is 16.7 Å². The Morgan fingerprint density at radius 1 is 1.00 bits per heavy atom. The smallest absolute Gasteiger partial charge is 0.366 e. The van der Waals surface area contributed by atoms with Crippen molar-refractivity contribution in [1.82, 2.24) is 10.2 Å². The zero-order valence-electron chi connectivity index (χ0n) is 22.1. The van der Waals surface area contributed by atoms with E-state index in [1.807, 2.05) is 0 Å². The van der Waals surface area contributed by atoms with Gasteiger partial charge in [-0.3, -0.25) is 9.59 Å². The molecule has 2 aromatic rings. The Labute approximate surface area is 225 Å². The lowest BCUT2D eigenvalue weighted by Crippen LogP contribution is -2.42. The molecule has 0 spiro atoms. The molecule has 1 atom stereocenters. The Hall–Kier alpha value is -3.33. The topological polar surface area (TPSA) is 61.4 Å². The molecule has 0 radical (unpaired) electrons. The van der Waals surface area contributed by atoms with E-state index in [0.717, 1.165) is 7.05 Å². The number of amides is 2. The minimum Gasteiger partial charge on any atom is -0.366 e. The molecule has 2 amide bonds. The summed E-state index contributed by atoms with van der Waals surface area (Å²) in [4.78, 5) is 26.6. The number of hydrogen-bond acceptors (Lipinski definition) is 3. The highest BCUT2D eigenvalue weighted by Crippen LogP contribution is 2.34. The lowest BCUT2D eigenvalue weighted by Gasteiger charge is -2.25. The van der Waals surface area contributed by atoms with Crippen molar-refractivity contribution in [2.24, 2.45) is 0 Å². The summed E-state index contributed by atoms with van der Waals surface area (Å²) in [5.41, 5.74) is -2.17. The largest absolute Gasteiger partial charge is 0.431 e. The molecule has 2 rings (SSSR count). The van der Waals surface area contributed by atoms with Crippen LogP contribution >= 0.6 is 9.24 Å². The minimum absolute atomic E-state index is 0.0328. The fourth-order valence-electron chi connectivity index (χ4n) is 3.58. The quantitative estimate of drug-likeness (QED) is 0.233. The van der Waals surface area contributed by atoms with E-state index in [4.69, 9.17) is 0 Å². The summed E-state index contributed by atoms with van der Waals surface area (Å²) in [6, 6.07) is 9.22. The molecule has 2 aromatic carbocycles. The number of carbonyl (C=O) groups is 2. The van der Waals surface area contributed by atoms with Gasteiger partial charge in [-0.25, -0.2) is 0 Å². The Bertz CT molecular complexity index is 1290. The Balaban J connectivity index is 2.29. The first-order valence-corrected chi connectivity index (χ1v) is 12.2. The number of anilines is 1. The van der Waals surface area contributed by atoms with E-state index in [9.17, 15) is 35.9 Å². The van der Waals surface area contributed by atoms with Gasteiger partial charge in [0.15, 0.2) is 0 Å². The van der Waals surface area contributed by atoms with Crippen molar-refractivity contribution < 1.29 is 35.9 Å². The van der Waals surface area contributed by atoms with E-state index in [1.54, 1.807) is 39.8 Å². The number of alkyl halides is 6. The van der Waals surface area contributed by atoms with E-state index in [-0.39, 0.29) is 23.7 Å². The van der Waals surface area contributed by atoms with Crippen molar-refractivity contribution in [2.75, 3.05) is 12.4 Å². The molecule has 12 heteroatoms. The van der Waals surface area contributed by atoms with Crippen LogP contribution in [0, 0.1) is 6.92 Å². The van der Waals surface area contributed by atoms with E-state index in [2.05, 4.69) is 26.5 Å². The van der Waals surface area contributed by atoms with Gasteiger partial charge in [0.1, 0.15) is 5.70 Å². The monoisotopic (exact) mass is 573 g/mol. The summed E-state index contributed by atoms with van der Waals surface area (Å²) in [5.74, 6) is -1.01. The Morgan fingerprint density at radius 3 is 2.13 bits per heavy atom. The molecule has 0 aliphatic carbocycles. The number of nitrogens with one attached hydrogen (secondary N) is 2. The van der Waals surface area contributed by atoms with Gasteiger partial charge in [-0.15, -0.1) is 9.24 Å². The van der Waals surface area contributed by atoms with Crippen LogP contribution in [-0.2, 0) is 6.54 Å². The predicted octanol–water partition coefficient (Wildman–Crippen LogP) is 6.27. The first-order valence-electron chi connectivity index (χ1n) is 11.6. The molecule has 212 valence electrons. The number of aryl methyl sites for hydroxylation is 1. The van der Waals surface area contributed by atoms with Crippen LogP contribution < -0.4 is 15.9 Å². The first kappa shape index (κ1) is 31.9. The summed E-state index contributed by atoms with van der Waals surface area (Å²) < 4.78 is 78.8.